The van der Waals surface area contributed by atoms with Crippen LogP contribution in [-0.4, -0.2) is 34.2 Å². The predicted molar refractivity (Wildman–Crippen MR) is 129 cm³/mol. The van der Waals surface area contributed by atoms with E-state index >= 15 is 0 Å². The summed E-state index contributed by atoms with van der Waals surface area (Å²) in [5.74, 6) is 0.198. The third-order valence-electron chi connectivity index (χ3n) is 7.48. The number of para-hydroxylation sites is 1. The van der Waals surface area contributed by atoms with E-state index in [2.05, 4.69) is 11.6 Å². The molecule has 2 heterocycles. The van der Waals surface area contributed by atoms with Crippen LogP contribution >= 0.6 is 0 Å². The number of halogens is 6. The van der Waals surface area contributed by atoms with Crippen LogP contribution in [0.1, 0.15) is 47.6 Å². The minimum atomic E-state index is -4.92. The second kappa shape index (κ2) is 10.1. The Morgan fingerprint density at radius 1 is 1.05 bits per heavy atom. The van der Waals surface area contributed by atoms with Crippen LogP contribution in [0.25, 0.3) is 10.9 Å². The number of allylic oxidation sites excluding steroid dienone is 1. The first-order chi connectivity index (χ1) is 17.3. The molecule has 37 heavy (non-hydrogen) atoms. The molecule has 0 amide bonds. The molecule has 1 fully saturated rings. The van der Waals surface area contributed by atoms with Crippen LogP contribution < -0.4 is 0 Å². The average molecular weight is 524 g/mol. The molecule has 3 nitrogen and oxygen atoms in total. The Labute approximate surface area is 211 Å². The number of hydrogen-bond acceptors (Lipinski definition) is 2. The molecule has 3 aromatic rings. The smallest absolute Gasteiger partial charge is 0.382 e. The molecule has 1 aliphatic heterocycles. The molecule has 0 bridgehead atoms. The van der Waals surface area contributed by atoms with Gasteiger partial charge in [-0.1, -0.05) is 24.3 Å². The summed E-state index contributed by atoms with van der Waals surface area (Å²) in [6.45, 7) is 4.21. The van der Waals surface area contributed by atoms with E-state index in [0.717, 1.165) is 17.5 Å². The number of hydrogen-bond donors (Lipinski definition) is 1. The van der Waals surface area contributed by atoms with E-state index in [-0.39, 0.29) is 28.6 Å². The fourth-order valence-electron chi connectivity index (χ4n) is 5.58. The molecule has 4 atom stereocenters. The van der Waals surface area contributed by atoms with Gasteiger partial charge in [0, 0.05) is 23.6 Å². The van der Waals surface area contributed by atoms with Crippen molar-refractivity contribution in [3.8, 4) is 0 Å². The van der Waals surface area contributed by atoms with Crippen molar-refractivity contribution in [3.05, 3.63) is 89.6 Å². The Bertz CT molecular complexity index is 1230. The number of likely N-dealkylation sites (N-methyl/N-ethyl adjacent to an activating group) is 1. The normalized spacial score (nSPS) is 23.7. The maximum atomic E-state index is 13.5. The fraction of sp³-hybridized carbons (Fsp3) is 0.393. The number of piperidine rings is 1. The Hall–Kier alpha value is -2.91. The molecule has 0 spiro atoms. The molecule has 198 valence electrons. The molecule has 2 aromatic carbocycles. The first-order valence-corrected chi connectivity index (χ1v) is 12.1. The second-order valence-electron chi connectivity index (χ2n) is 10.1. The van der Waals surface area contributed by atoms with Gasteiger partial charge in [0.1, 0.15) is 18.7 Å². The first-order valence-electron chi connectivity index (χ1n) is 12.1. The molecule has 0 saturated carbocycles. The molecule has 1 saturated heterocycles. The van der Waals surface area contributed by atoms with Crippen molar-refractivity contribution < 1.29 is 35.9 Å². The van der Waals surface area contributed by atoms with E-state index in [0.29, 0.717) is 36.9 Å². The summed E-state index contributed by atoms with van der Waals surface area (Å²) >= 11 is 0. The van der Waals surface area contributed by atoms with Crippen LogP contribution in [0, 0.1) is 5.92 Å². The molecule has 9 heteroatoms. The van der Waals surface area contributed by atoms with E-state index in [1.54, 1.807) is 25.4 Å². The number of aromatic nitrogens is 1. The Balaban J connectivity index is 1.77. The third kappa shape index (κ3) is 5.83. The molecular weight excluding hydrogens is 494 g/mol. The summed E-state index contributed by atoms with van der Waals surface area (Å²) in [5, 5.41) is 12.4. The number of quaternary nitrogens is 1. The van der Waals surface area contributed by atoms with E-state index < -0.39 is 35.6 Å². The highest BCUT2D eigenvalue weighted by molar-refractivity contribution is 5.82. The summed E-state index contributed by atoms with van der Waals surface area (Å²) in [6, 6.07) is 10.3. The highest BCUT2D eigenvalue weighted by Gasteiger charge is 2.45. The number of nitrogens with zero attached hydrogens (tertiary/aromatic N) is 2. The molecule has 1 N–H and O–H groups in total. The number of alkyl halides is 6. The molecule has 4 rings (SSSR count). The van der Waals surface area contributed by atoms with Crippen LogP contribution in [0.15, 0.2) is 67.4 Å². The van der Waals surface area contributed by atoms with Crippen LogP contribution in [0.4, 0.5) is 26.3 Å². The summed E-state index contributed by atoms with van der Waals surface area (Å²) in [4.78, 5) is 4.34. The quantitative estimate of drug-likeness (QED) is 0.209. The van der Waals surface area contributed by atoms with E-state index in [9.17, 15) is 31.4 Å². The van der Waals surface area contributed by atoms with Crippen molar-refractivity contribution in [2.45, 2.75) is 50.3 Å². The molecule has 1 aliphatic rings. The largest absolute Gasteiger partial charge is 0.416 e. The zero-order valence-corrected chi connectivity index (χ0v) is 20.4. The van der Waals surface area contributed by atoms with Gasteiger partial charge in [0.05, 0.1) is 30.2 Å². The minimum Gasteiger partial charge on any atom is -0.382 e. The zero-order chi connectivity index (χ0) is 27.0. The van der Waals surface area contributed by atoms with Crippen molar-refractivity contribution in [1.82, 2.24) is 4.98 Å². The number of aliphatic hydroxyl groups is 1. The summed E-state index contributed by atoms with van der Waals surface area (Å²) in [5.41, 5.74) is -1.40. The SMILES string of the molecule is C=CCC1CC[N+](C)(Cc2cc(C(F)(F)F)cc(C(F)(F)F)c2)C([C@@H](O)c2ccnc3ccccc23)C1. The summed E-state index contributed by atoms with van der Waals surface area (Å²) in [7, 11) is 1.80. The van der Waals surface area contributed by atoms with Gasteiger partial charge in [-0.2, -0.15) is 26.3 Å². The lowest BCUT2D eigenvalue weighted by atomic mass is 9.81. The average Bonchev–Trinajstić information content (AvgIpc) is 2.83. The van der Waals surface area contributed by atoms with E-state index in [1.807, 2.05) is 24.3 Å². The topological polar surface area (TPSA) is 33.1 Å². The van der Waals surface area contributed by atoms with Gasteiger partial charge in [-0.25, -0.2) is 0 Å². The Kier molecular flexibility index (Phi) is 7.41. The van der Waals surface area contributed by atoms with Gasteiger partial charge >= 0.3 is 12.4 Å². The van der Waals surface area contributed by atoms with Crippen molar-refractivity contribution in [3.63, 3.8) is 0 Å². The monoisotopic (exact) mass is 523 g/mol. The number of pyridine rings is 1. The Morgan fingerprint density at radius 2 is 1.70 bits per heavy atom. The first kappa shape index (κ1) is 27.1. The molecular formula is C28H29F6N2O+. The lowest BCUT2D eigenvalue weighted by Crippen LogP contribution is -2.58. The number of aliphatic hydroxyl groups excluding tert-OH is 1. The van der Waals surface area contributed by atoms with Gasteiger partial charge in [-0.15, -0.1) is 6.58 Å². The predicted octanol–water partition coefficient (Wildman–Crippen LogP) is 7.31. The van der Waals surface area contributed by atoms with E-state index in [4.69, 9.17) is 0 Å². The standard InChI is InChI=1S/C28H29F6N2O/c1-3-6-18-10-12-36(2,17-19-13-20(27(29,30)31)16-21(14-19)28(32,33)34)25(15-18)26(37)23-9-11-35-24-8-5-4-7-22(23)24/h3-5,7-9,11,13-14,16,18,25-26,37H,1,6,10,12,15,17H2,2H3/q+1/t18?,25?,26-,36?/m0/s1. The van der Waals surface area contributed by atoms with Gasteiger partial charge in [-0.05, 0) is 54.7 Å². The lowest BCUT2D eigenvalue weighted by Gasteiger charge is -2.49. The van der Waals surface area contributed by atoms with Gasteiger partial charge in [0.15, 0.2) is 0 Å². The zero-order valence-electron chi connectivity index (χ0n) is 20.4. The molecule has 0 radical (unpaired) electrons. The van der Waals surface area contributed by atoms with Crippen LogP contribution in [0.2, 0.25) is 0 Å². The third-order valence-corrected chi connectivity index (χ3v) is 7.48. The highest BCUT2D eigenvalue weighted by atomic mass is 19.4. The molecule has 0 aliphatic carbocycles. The fourth-order valence-corrected chi connectivity index (χ4v) is 5.58. The maximum absolute atomic E-state index is 13.5. The van der Waals surface area contributed by atoms with Crippen molar-refractivity contribution in [2.24, 2.45) is 5.92 Å². The Morgan fingerprint density at radius 3 is 2.32 bits per heavy atom. The van der Waals surface area contributed by atoms with Gasteiger partial charge in [0.25, 0.3) is 0 Å². The van der Waals surface area contributed by atoms with Crippen molar-refractivity contribution in [1.29, 1.82) is 0 Å². The van der Waals surface area contributed by atoms with Gasteiger partial charge in [0.2, 0.25) is 0 Å². The summed E-state index contributed by atoms with van der Waals surface area (Å²) < 4.78 is 81.1. The number of benzene rings is 2. The molecule has 3 unspecified atom stereocenters. The number of rotatable bonds is 6. The lowest BCUT2D eigenvalue weighted by molar-refractivity contribution is -0.956. The minimum absolute atomic E-state index is 0.0661. The van der Waals surface area contributed by atoms with Crippen LogP contribution in [-0.2, 0) is 18.9 Å². The highest BCUT2D eigenvalue weighted by Crippen LogP contribution is 2.42. The van der Waals surface area contributed by atoms with Crippen molar-refractivity contribution >= 4 is 10.9 Å². The second-order valence-corrected chi connectivity index (χ2v) is 10.1. The maximum Gasteiger partial charge on any atom is 0.416 e. The summed E-state index contributed by atoms with van der Waals surface area (Å²) in [6.07, 6.45) is -5.47. The van der Waals surface area contributed by atoms with E-state index in [1.165, 1.54) is 0 Å². The van der Waals surface area contributed by atoms with Crippen molar-refractivity contribution in [2.75, 3.05) is 13.6 Å². The van der Waals surface area contributed by atoms with Crippen LogP contribution in [0.3, 0.4) is 0 Å². The number of likely N-dealkylation sites (tertiary alicyclic amines) is 1. The van der Waals surface area contributed by atoms with Crippen LogP contribution in [0.5, 0.6) is 0 Å². The van der Waals surface area contributed by atoms with Gasteiger partial charge < -0.3 is 9.59 Å². The number of fused-ring (bicyclic) bond motifs is 1. The molecule has 1 aromatic heterocycles. The van der Waals surface area contributed by atoms with Gasteiger partial charge in [-0.3, -0.25) is 4.98 Å².